The molecule has 0 amide bonds. The van der Waals surface area contributed by atoms with Crippen molar-refractivity contribution in [1.82, 2.24) is 0 Å². The Morgan fingerprint density at radius 3 is 2.47 bits per heavy atom. The molecule has 1 saturated carbocycles. The second-order valence-corrected chi connectivity index (χ2v) is 9.15. The van der Waals surface area contributed by atoms with E-state index in [1.807, 2.05) is 58.0 Å². The third-order valence-corrected chi connectivity index (χ3v) is 6.31. The number of esters is 2. The Hall–Kier alpha value is -2.41. The van der Waals surface area contributed by atoms with Gasteiger partial charge in [-0.3, -0.25) is 0 Å². The molecule has 0 unspecified atom stereocenters. The summed E-state index contributed by atoms with van der Waals surface area (Å²) in [5, 5.41) is 0. The topological polar surface area (TPSA) is 83.4 Å². The van der Waals surface area contributed by atoms with Crippen molar-refractivity contribution in [2.45, 2.75) is 70.3 Å². The van der Waals surface area contributed by atoms with Gasteiger partial charge in [0.05, 0.1) is 7.11 Å². The van der Waals surface area contributed by atoms with Crippen LogP contribution in [0.15, 0.2) is 35.3 Å². The largest absolute Gasteiger partial charge is 0.481 e. The molecule has 0 aromatic heterocycles. The van der Waals surface area contributed by atoms with Gasteiger partial charge in [0.1, 0.15) is 6.10 Å². The summed E-state index contributed by atoms with van der Waals surface area (Å²) >= 11 is 0. The van der Waals surface area contributed by atoms with Gasteiger partial charge in [0.2, 0.25) is 5.90 Å². The smallest absolute Gasteiger partial charge is 0.340 e. The lowest BCUT2D eigenvalue weighted by Crippen LogP contribution is -2.59. The molecule has 1 aliphatic carbocycles. The molecule has 1 spiro atoms. The van der Waals surface area contributed by atoms with E-state index in [1.54, 1.807) is 0 Å². The molecule has 2 aliphatic rings. The first kappa shape index (κ1) is 22.3. The quantitative estimate of drug-likeness (QED) is 0.696. The molecule has 1 fully saturated rings. The number of aliphatic imine (C=N–C) groups is 1. The van der Waals surface area contributed by atoms with Crippen LogP contribution >= 0.6 is 0 Å². The van der Waals surface area contributed by atoms with Gasteiger partial charge in [0, 0.05) is 18.9 Å². The van der Waals surface area contributed by atoms with Gasteiger partial charge >= 0.3 is 11.9 Å². The fraction of sp³-hybridized carbons (Fsp3) is 0.609. The van der Waals surface area contributed by atoms with Crippen LogP contribution in [0.4, 0.5) is 0 Å². The summed E-state index contributed by atoms with van der Waals surface area (Å²) in [6, 6.07) is 9.17. The summed E-state index contributed by atoms with van der Waals surface area (Å²) in [6.07, 6.45) is -0.0651. The number of benzene rings is 1. The molecule has 1 heterocycles. The number of nitrogens with zero attached hydrogens (tertiary/aromatic N) is 1. The Bertz CT molecular complexity index is 830. The first-order valence-electron chi connectivity index (χ1n) is 10.2. The van der Waals surface area contributed by atoms with Gasteiger partial charge in [-0.2, -0.15) is 0 Å². The van der Waals surface area contributed by atoms with E-state index in [0.717, 1.165) is 5.56 Å². The van der Waals surface area contributed by atoms with Crippen molar-refractivity contribution >= 4 is 17.8 Å². The van der Waals surface area contributed by atoms with Crippen LogP contribution in [0.25, 0.3) is 0 Å². The number of hydrogen-bond donors (Lipinski definition) is 0. The Kier molecular flexibility index (Phi) is 5.96. The van der Waals surface area contributed by atoms with E-state index in [2.05, 4.69) is 0 Å². The number of methoxy groups -OCH3 is 2. The third-order valence-electron chi connectivity index (χ3n) is 6.31. The second-order valence-electron chi connectivity index (χ2n) is 9.15. The molecule has 3 rings (SSSR count). The summed E-state index contributed by atoms with van der Waals surface area (Å²) in [5.74, 6) is -0.489. The minimum absolute atomic E-state index is 0.260. The number of hydrogen-bond acceptors (Lipinski definition) is 7. The van der Waals surface area contributed by atoms with Crippen molar-refractivity contribution in [2.75, 3.05) is 14.2 Å². The van der Waals surface area contributed by atoms with E-state index in [1.165, 1.54) is 14.2 Å². The zero-order valence-electron chi connectivity index (χ0n) is 18.6. The third kappa shape index (κ3) is 3.83. The van der Waals surface area contributed by atoms with Gasteiger partial charge < -0.3 is 18.9 Å². The number of ether oxygens (including phenoxy) is 4. The first-order valence-corrected chi connectivity index (χ1v) is 10.2. The molecular weight excluding hydrogens is 386 g/mol. The molecule has 0 radical (unpaired) electrons. The highest BCUT2D eigenvalue weighted by Gasteiger charge is 2.59. The minimum atomic E-state index is -1.09. The average Bonchev–Trinajstić information content (AvgIpc) is 3.09. The summed E-state index contributed by atoms with van der Waals surface area (Å²) in [7, 11) is 3.00. The van der Waals surface area contributed by atoms with Crippen LogP contribution < -0.4 is 0 Å². The van der Waals surface area contributed by atoms with Gasteiger partial charge in [-0.1, -0.05) is 51.1 Å². The molecule has 1 aromatic carbocycles. The van der Waals surface area contributed by atoms with E-state index in [9.17, 15) is 9.59 Å². The summed E-state index contributed by atoms with van der Waals surface area (Å²) in [4.78, 5) is 30.5. The minimum Gasteiger partial charge on any atom is -0.481 e. The molecule has 4 atom stereocenters. The van der Waals surface area contributed by atoms with Crippen LogP contribution in [-0.2, 0) is 28.5 Å². The molecule has 0 N–H and O–H groups in total. The fourth-order valence-corrected chi connectivity index (χ4v) is 3.98. The van der Waals surface area contributed by atoms with Crippen molar-refractivity contribution in [2.24, 2.45) is 10.4 Å². The maximum Gasteiger partial charge on any atom is 0.340 e. The molecule has 0 saturated heterocycles. The van der Waals surface area contributed by atoms with Gasteiger partial charge in [-0.25, -0.2) is 14.6 Å². The predicted octanol–water partition coefficient (Wildman–Crippen LogP) is 3.62. The molecule has 7 nitrogen and oxygen atoms in total. The van der Waals surface area contributed by atoms with Crippen LogP contribution in [0.3, 0.4) is 0 Å². The van der Waals surface area contributed by atoms with E-state index in [4.69, 9.17) is 23.9 Å². The number of rotatable bonds is 4. The lowest BCUT2D eigenvalue weighted by atomic mass is 9.76. The van der Waals surface area contributed by atoms with Crippen molar-refractivity contribution in [1.29, 1.82) is 0 Å². The first-order chi connectivity index (χ1) is 14.1. The summed E-state index contributed by atoms with van der Waals surface area (Å²) < 4.78 is 22.5. The average molecular weight is 418 g/mol. The molecule has 164 valence electrons. The van der Waals surface area contributed by atoms with Crippen molar-refractivity contribution in [3.8, 4) is 0 Å². The second kappa shape index (κ2) is 8.02. The molecule has 7 heteroatoms. The van der Waals surface area contributed by atoms with E-state index < -0.39 is 40.7 Å². The summed E-state index contributed by atoms with van der Waals surface area (Å²) in [5.41, 5.74) is -1.73. The standard InChI is InChI=1S/C23H31NO6/c1-21(2,3)22(4)19(28-6)24-23(20(26)30-22)13-12-16(14-23)29-18(25)17(27-5)15-10-8-7-9-11-15/h7-11,16-17H,12-14H2,1-6H3/t16-,17+,22+,23+/m0/s1. The van der Waals surface area contributed by atoms with Crippen LogP contribution in [-0.4, -0.2) is 49.3 Å². The van der Waals surface area contributed by atoms with Crippen LogP contribution in [0.2, 0.25) is 0 Å². The number of carbonyl (C=O) groups is 2. The molecule has 1 aromatic rings. The maximum absolute atomic E-state index is 13.0. The maximum atomic E-state index is 13.0. The van der Waals surface area contributed by atoms with Gasteiger partial charge in [0.25, 0.3) is 0 Å². The Morgan fingerprint density at radius 2 is 1.90 bits per heavy atom. The monoisotopic (exact) mass is 417 g/mol. The van der Waals surface area contributed by atoms with Gasteiger partial charge in [0.15, 0.2) is 17.2 Å². The zero-order chi connectivity index (χ0) is 22.2. The SMILES string of the molecule is COC1=N[C@@]2(CC[C@H](OC(=O)[C@H](OC)c3ccccc3)C2)C(=O)O[C@@]1(C)C(C)(C)C. The van der Waals surface area contributed by atoms with Crippen LogP contribution in [0, 0.1) is 5.41 Å². The summed E-state index contributed by atoms with van der Waals surface area (Å²) in [6.45, 7) is 7.73. The molecular formula is C23H31NO6. The predicted molar refractivity (Wildman–Crippen MR) is 111 cm³/mol. The van der Waals surface area contributed by atoms with E-state index >= 15 is 0 Å². The molecule has 0 bridgehead atoms. The normalized spacial score (nSPS) is 29.9. The van der Waals surface area contributed by atoms with Crippen molar-refractivity contribution in [3.63, 3.8) is 0 Å². The highest BCUT2D eigenvalue weighted by atomic mass is 16.6. The van der Waals surface area contributed by atoms with Crippen LogP contribution in [0.1, 0.15) is 58.6 Å². The van der Waals surface area contributed by atoms with Crippen LogP contribution in [0.5, 0.6) is 0 Å². The molecule has 30 heavy (non-hydrogen) atoms. The van der Waals surface area contributed by atoms with Crippen molar-refractivity contribution < 1.29 is 28.5 Å². The molecule has 1 aliphatic heterocycles. The zero-order valence-corrected chi connectivity index (χ0v) is 18.6. The lowest BCUT2D eigenvalue weighted by molar-refractivity contribution is -0.173. The highest BCUT2D eigenvalue weighted by molar-refractivity contribution is 5.97. The Balaban J connectivity index is 1.78. The Morgan fingerprint density at radius 1 is 1.23 bits per heavy atom. The number of cyclic esters (lactones) is 1. The van der Waals surface area contributed by atoms with Crippen molar-refractivity contribution in [3.05, 3.63) is 35.9 Å². The lowest BCUT2D eigenvalue weighted by Gasteiger charge is -2.45. The van der Waals surface area contributed by atoms with Gasteiger partial charge in [-0.15, -0.1) is 0 Å². The van der Waals surface area contributed by atoms with E-state index in [-0.39, 0.29) is 6.42 Å². The van der Waals surface area contributed by atoms with E-state index in [0.29, 0.717) is 18.7 Å². The van der Waals surface area contributed by atoms with Gasteiger partial charge in [-0.05, 0) is 25.3 Å². The number of carbonyl (C=O) groups excluding carboxylic acids is 2. The highest BCUT2D eigenvalue weighted by Crippen LogP contribution is 2.46. The Labute approximate surface area is 177 Å². The fourth-order valence-electron chi connectivity index (χ4n) is 3.98.